The van der Waals surface area contributed by atoms with Crippen LogP contribution in [0.4, 0.5) is 0 Å². The van der Waals surface area contributed by atoms with Crippen molar-refractivity contribution in [3.8, 4) is 0 Å². The van der Waals surface area contributed by atoms with Gasteiger partial charge in [-0.05, 0) is 23.6 Å². The zero-order valence-electron chi connectivity index (χ0n) is 13.5. The Morgan fingerprint density at radius 1 is 1.00 bits per heavy atom. The van der Waals surface area contributed by atoms with E-state index in [1.807, 2.05) is 48.5 Å². The van der Waals surface area contributed by atoms with Crippen LogP contribution in [0.3, 0.4) is 0 Å². The largest absolute Gasteiger partial charge is 0.298 e. The molecular weight excluding hydrogens is 300 g/mol. The van der Waals surface area contributed by atoms with Crippen LogP contribution in [0.15, 0.2) is 59.7 Å². The number of carbonyl (C=O) groups is 2. The van der Waals surface area contributed by atoms with Crippen LogP contribution in [0, 0.1) is 5.92 Å². The molecule has 0 saturated heterocycles. The number of aromatic nitrogens is 1. The second kappa shape index (κ2) is 7.77. The highest BCUT2D eigenvalue weighted by Crippen LogP contribution is 2.31. The zero-order chi connectivity index (χ0) is 16.8. The number of hydrogen-bond acceptors (Lipinski definition) is 4. The van der Waals surface area contributed by atoms with E-state index < -0.39 is 5.92 Å². The fourth-order valence-electron chi connectivity index (χ4n) is 3.02. The van der Waals surface area contributed by atoms with Gasteiger partial charge in [0.05, 0.1) is 0 Å². The van der Waals surface area contributed by atoms with Gasteiger partial charge in [0.25, 0.3) is 0 Å². The number of Topliss-reactive ketones (excluding diaryl/α,β-unsaturated/α-hetero) is 2. The Morgan fingerprint density at radius 3 is 2.38 bits per heavy atom. The molecule has 1 aliphatic rings. The highest BCUT2D eigenvalue weighted by Gasteiger charge is 2.34. The van der Waals surface area contributed by atoms with Gasteiger partial charge in [-0.2, -0.15) is 0 Å². The van der Waals surface area contributed by atoms with Crippen LogP contribution in [0.5, 0.6) is 0 Å². The highest BCUT2D eigenvalue weighted by molar-refractivity contribution is 6.16. The van der Waals surface area contributed by atoms with Crippen LogP contribution in [0.1, 0.15) is 30.0 Å². The number of nitrogens with zero attached hydrogens (tertiary/aromatic N) is 2. The Morgan fingerprint density at radius 2 is 1.71 bits per heavy atom. The second-order valence-corrected chi connectivity index (χ2v) is 6.05. The van der Waals surface area contributed by atoms with Gasteiger partial charge in [-0.3, -0.25) is 19.6 Å². The molecule has 0 aliphatic heterocycles. The van der Waals surface area contributed by atoms with Crippen molar-refractivity contribution in [2.45, 2.75) is 25.2 Å². The Bertz CT molecular complexity index is 708. The van der Waals surface area contributed by atoms with Crippen LogP contribution in [0.2, 0.25) is 0 Å². The Labute approximate surface area is 141 Å². The molecule has 4 heteroatoms. The molecule has 4 nitrogen and oxygen atoms in total. The molecule has 0 radical (unpaired) electrons. The lowest BCUT2D eigenvalue weighted by atomic mass is 9.77. The summed E-state index contributed by atoms with van der Waals surface area (Å²) in [7, 11) is 0. The zero-order valence-corrected chi connectivity index (χ0v) is 13.5. The normalized spacial score (nSPS) is 21.3. The summed E-state index contributed by atoms with van der Waals surface area (Å²) in [4.78, 5) is 33.2. The Kier molecular flexibility index (Phi) is 5.26. The lowest BCUT2D eigenvalue weighted by Gasteiger charge is -2.24. The molecule has 24 heavy (non-hydrogen) atoms. The number of carbonyl (C=O) groups excluding carboxylic acids is 2. The molecule has 0 atom stereocenters. The maximum absolute atomic E-state index is 12.3. The third-order valence-electron chi connectivity index (χ3n) is 4.34. The molecule has 122 valence electrons. The molecular formula is C20H20N2O2. The molecule has 1 fully saturated rings. The van der Waals surface area contributed by atoms with E-state index in [-0.39, 0.29) is 17.5 Å². The second-order valence-electron chi connectivity index (χ2n) is 6.05. The Hall–Kier alpha value is -2.62. The third-order valence-corrected chi connectivity index (χ3v) is 4.34. The van der Waals surface area contributed by atoms with Gasteiger partial charge in [-0.15, -0.1) is 0 Å². The van der Waals surface area contributed by atoms with E-state index in [2.05, 4.69) is 9.98 Å². The van der Waals surface area contributed by atoms with Crippen molar-refractivity contribution in [1.82, 2.24) is 4.98 Å². The average Bonchev–Trinajstić information content (AvgIpc) is 2.62. The van der Waals surface area contributed by atoms with Gasteiger partial charge < -0.3 is 0 Å². The monoisotopic (exact) mass is 320 g/mol. The van der Waals surface area contributed by atoms with E-state index in [1.165, 1.54) is 6.21 Å². The summed E-state index contributed by atoms with van der Waals surface area (Å²) < 4.78 is 0. The number of benzene rings is 1. The minimum absolute atomic E-state index is 0.00405. The molecule has 1 saturated carbocycles. The maximum Gasteiger partial charge on any atom is 0.149 e. The standard InChI is InChI=1S/C20H20N2O2/c23-19-12-16(15-6-2-1-3-7-15)13-20(24)18(19)14-21-11-9-17-8-4-5-10-22-17/h1-8,10,14,16,18H,9,11-13H2. The molecule has 0 bridgehead atoms. The molecule has 0 amide bonds. The van der Waals surface area contributed by atoms with Gasteiger partial charge in [0, 0.05) is 43.9 Å². The predicted octanol–water partition coefficient (Wildman–Crippen LogP) is 3.03. The summed E-state index contributed by atoms with van der Waals surface area (Å²) in [6.07, 6.45) is 4.81. The minimum Gasteiger partial charge on any atom is -0.298 e. The van der Waals surface area contributed by atoms with Gasteiger partial charge in [-0.25, -0.2) is 0 Å². The van der Waals surface area contributed by atoms with Gasteiger partial charge in [-0.1, -0.05) is 36.4 Å². The van der Waals surface area contributed by atoms with Crippen molar-refractivity contribution in [2.75, 3.05) is 6.54 Å². The molecule has 0 spiro atoms. The van der Waals surface area contributed by atoms with Crippen LogP contribution in [-0.4, -0.2) is 29.3 Å². The minimum atomic E-state index is -0.673. The predicted molar refractivity (Wildman–Crippen MR) is 93.2 cm³/mol. The van der Waals surface area contributed by atoms with Crippen molar-refractivity contribution in [3.63, 3.8) is 0 Å². The quantitative estimate of drug-likeness (QED) is 0.628. The first-order chi connectivity index (χ1) is 11.7. The number of aliphatic imine (C=N–C) groups is 1. The smallest absolute Gasteiger partial charge is 0.149 e. The summed E-state index contributed by atoms with van der Waals surface area (Å²) in [6, 6.07) is 15.5. The topological polar surface area (TPSA) is 59.4 Å². The average molecular weight is 320 g/mol. The van der Waals surface area contributed by atoms with Crippen LogP contribution >= 0.6 is 0 Å². The highest BCUT2D eigenvalue weighted by atomic mass is 16.2. The molecule has 1 aromatic heterocycles. The van der Waals surface area contributed by atoms with Crippen molar-refractivity contribution < 1.29 is 9.59 Å². The number of hydrogen-bond donors (Lipinski definition) is 0. The van der Waals surface area contributed by atoms with E-state index in [9.17, 15) is 9.59 Å². The van der Waals surface area contributed by atoms with Crippen molar-refractivity contribution in [3.05, 3.63) is 66.0 Å². The third kappa shape index (κ3) is 4.02. The first-order valence-electron chi connectivity index (χ1n) is 8.24. The number of ketones is 2. The lowest BCUT2D eigenvalue weighted by molar-refractivity contribution is -0.133. The molecule has 0 N–H and O–H groups in total. The van der Waals surface area contributed by atoms with Crippen LogP contribution in [-0.2, 0) is 16.0 Å². The summed E-state index contributed by atoms with van der Waals surface area (Å²) in [6.45, 7) is 0.538. The summed E-state index contributed by atoms with van der Waals surface area (Å²) in [5, 5.41) is 0. The van der Waals surface area contributed by atoms with Crippen molar-refractivity contribution in [2.24, 2.45) is 10.9 Å². The van der Waals surface area contributed by atoms with Gasteiger partial charge in [0.1, 0.15) is 17.5 Å². The fraction of sp³-hybridized carbons (Fsp3) is 0.300. The van der Waals surface area contributed by atoms with E-state index in [0.29, 0.717) is 25.8 Å². The SMILES string of the molecule is O=C1CC(c2ccccc2)CC(=O)C1C=NCCc1ccccn1. The number of rotatable bonds is 5. The molecule has 0 unspecified atom stereocenters. The lowest BCUT2D eigenvalue weighted by Crippen LogP contribution is -2.33. The number of pyridine rings is 1. The van der Waals surface area contributed by atoms with Gasteiger partial charge >= 0.3 is 0 Å². The molecule has 1 heterocycles. The molecule has 3 rings (SSSR count). The van der Waals surface area contributed by atoms with Crippen molar-refractivity contribution in [1.29, 1.82) is 0 Å². The van der Waals surface area contributed by atoms with Gasteiger partial charge in [0.15, 0.2) is 0 Å². The summed E-state index contributed by atoms with van der Waals surface area (Å²) >= 11 is 0. The van der Waals surface area contributed by atoms with Crippen molar-refractivity contribution >= 4 is 17.8 Å². The van der Waals surface area contributed by atoms with Gasteiger partial charge in [0.2, 0.25) is 0 Å². The summed E-state index contributed by atoms with van der Waals surface area (Å²) in [5.74, 6) is -0.721. The summed E-state index contributed by atoms with van der Waals surface area (Å²) in [5.41, 5.74) is 2.02. The first kappa shape index (κ1) is 16.2. The first-order valence-corrected chi connectivity index (χ1v) is 8.24. The fourth-order valence-corrected chi connectivity index (χ4v) is 3.02. The molecule has 1 aliphatic carbocycles. The Balaban J connectivity index is 1.56. The van der Waals surface area contributed by atoms with Crippen LogP contribution in [0.25, 0.3) is 0 Å². The molecule has 2 aromatic rings. The van der Waals surface area contributed by atoms with E-state index in [4.69, 9.17) is 0 Å². The van der Waals surface area contributed by atoms with E-state index >= 15 is 0 Å². The molecule has 1 aromatic carbocycles. The van der Waals surface area contributed by atoms with E-state index in [0.717, 1.165) is 11.3 Å². The van der Waals surface area contributed by atoms with Crippen LogP contribution < -0.4 is 0 Å². The maximum atomic E-state index is 12.3. The van der Waals surface area contributed by atoms with E-state index in [1.54, 1.807) is 6.20 Å².